The molecule has 1 N–H and O–H groups in total. The number of rotatable bonds is 9. The molecule has 0 radical (unpaired) electrons. The number of amides is 2. The van der Waals surface area contributed by atoms with Crippen LogP contribution in [0.1, 0.15) is 32.9 Å². The number of benzene rings is 2. The highest BCUT2D eigenvalue weighted by molar-refractivity contribution is 7.89. The number of carbonyl (C=O) groups excluding carboxylic acids is 2. The summed E-state index contributed by atoms with van der Waals surface area (Å²) in [6, 6.07) is 13.8. The molecule has 10 heteroatoms. The first-order valence-corrected chi connectivity index (χ1v) is 14.1. The summed E-state index contributed by atoms with van der Waals surface area (Å²) in [5.74, 6) is -0.365. The molecule has 2 atom stereocenters. The largest absolute Gasteiger partial charge is 0.335 e. The number of pyridine rings is 1. The molecule has 37 heavy (non-hydrogen) atoms. The lowest BCUT2D eigenvalue weighted by Gasteiger charge is -2.31. The summed E-state index contributed by atoms with van der Waals surface area (Å²) in [7, 11) is -3.95. The van der Waals surface area contributed by atoms with Crippen molar-refractivity contribution in [3.63, 3.8) is 0 Å². The van der Waals surface area contributed by atoms with Gasteiger partial charge in [0.15, 0.2) is 0 Å². The van der Waals surface area contributed by atoms with E-state index in [4.69, 9.17) is 11.6 Å². The van der Waals surface area contributed by atoms with Gasteiger partial charge in [0.2, 0.25) is 21.8 Å². The Balaban J connectivity index is 1.46. The molecule has 2 aromatic carbocycles. The lowest BCUT2D eigenvalue weighted by atomic mass is 10.1. The van der Waals surface area contributed by atoms with Crippen molar-refractivity contribution >= 4 is 44.2 Å². The summed E-state index contributed by atoms with van der Waals surface area (Å²) in [5, 5.41) is 2.11. The molecule has 1 fully saturated rings. The first-order chi connectivity index (χ1) is 17.5. The Bertz CT molecular complexity index is 1400. The van der Waals surface area contributed by atoms with Crippen molar-refractivity contribution in [2.75, 3.05) is 13.1 Å². The standard InChI is InChI=1S/C27H31ClN4O4S/c1-18(2)16-31(17-23-6-4-5-12-29-23)26(33)19(3)32-13-11-25(27(32)34)30-37(35,36)24-10-8-20-14-22(28)9-7-21(20)15-24/h4-10,12,14-15,18-19,25,30H,11,13,16-17H2,1-3H3. The zero-order valence-electron chi connectivity index (χ0n) is 21.1. The van der Waals surface area contributed by atoms with Gasteiger partial charge in [-0.15, -0.1) is 0 Å². The van der Waals surface area contributed by atoms with E-state index in [1.165, 1.54) is 11.0 Å². The van der Waals surface area contributed by atoms with Crippen LogP contribution < -0.4 is 4.72 Å². The van der Waals surface area contributed by atoms with Crippen LogP contribution in [0.3, 0.4) is 0 Å². The second-order valence-corrected chi connectivity index (χ2v) is 11.9. The first-order valence-electron chi connectivity index (χ1n) is 12.3. The highest BCUT2D eigenvalue weighted by Gasteiger charge is 2.40. The monoisotopic (exact) mass is 542 g/mol. The SMILES string of the molecule is CC(C)CN(Cc1ccccn1)C(=O)C(C)N1CCC(NS(=O)(=O)c2ccc3cc(Cl)ccc3c2)C1=O. The Kier molecular flexibility index (Phi) is 8.16. The van der Waals surface area contributed by atoms with E-state index in [-0.39, 0.29) is 29.7 Å². The van der Waals surface area contributed by atoms with Gasteiger partial charge in [-0.1, -0.05) is 43.6 Å². The van der Waals surface area contributed by atoms with Crippen LogP contribution in [0.5, 0.6) is 0 Å². The van der Waals surface area contributed by atoms with Crippen LogP contribution in [0, 0.1) is 5.92 Å². The molecular weight excluding hydrogens is 512 g/mol. The summed E-state index contributed by atoms with van der Waals surface area (Å²) < 4.78 is 28.7. The van der Waals surface area contributed by atoms with Gasteiger partial charge in [0.25, 0.3) is 0 Å². The Labute approximate surface area is 222 Å². The number of carbonyl (C=O) groups is 2. The number of sulfonamides is 1. The van der Waals surface area contributed by atoms with Crippen LogP contribution in [-0.4, -0.2) is 60.2 Å². The van der Waals surface area contributed by atoms with Crippen molar-refractivity contribution in [2.45, 2.75) is 50.7 Å². The maximum absolute atomic E-state index is 13.4. The zero-order valence-corrected chi connectivity index (χ0v) is 22.7. The molecule has 0 saturated carbocycles. The number of nitrogens with one attached hydrogen (secondary N) is 1. The molecular formula is C27H31ClN4O4S. The van der Waals surface area contributed by atoms with Gasteiger partial charge in [0.1, 0.15) is 12.1 Å². The van der Waals surface area contributed by atoms with Crippen molar-refractivity contribution < 1.29 is 18.0 Å². The smallest absolute Gasteiger partial charge is 0.245 e. The Morgan fingerprint density at radius 2 is 1.86 bits per heavy atom. The predicted molar refractivity (Wildman–Crippen MR) is 143 cm³/mol. The number of likely N-dealkylation sites (tertiary alicyclic amines) is 1. The molecule has 1 aliphatic heterocycles. The van der Waals surface area contributed by atoms with Crippen LogP contribution in [0.4, 0.5) is 0 Å². The average molecular weight is 543 g/mol. The maximum atomic E-state index is 13.4. The highest BCUT2D eigenvalue weighted by atomic mass is 35.5. The number of hydrogen-bond acceptors (Lipinski definition) is 5. The minimum absolute atomic E-state index is 0.0659. The van der Waals surface area contributed by atoms with E-state index in [1.807, 2.05) is 32.0 Å². The topological polar surface area (TPSA) is 99.7 Å². The van der Waals surface area contributed by atoms with Crippen LogP contribution in [0.25, 0.3) is 10.8 Å². The molecule has 2 heterocycles. The third-order valence-corrected chi connectivity index (χ3v) is 8.13. The van der Waals surface area contributed by atoms with Crippen LogP contribution in [-0.2, 0) is 26.2 Å². The predicted octanol–water partition coefficient (Wildman–Crippen LogP) is 3.84. The Morgan fingerprint density at radius 1 is 1.14 bits per heavy atom. The first kappa shape index (κ1) is 27.0. The molecule has 1 saturated heterocycles. The van der Waals surface area contributed by atoms with Gasteiger partial charge in [0.05, 0.1) is 17.1 Å². The lowest BCUT2D eigenvalue weighted by Crippen LogP contribution is -2.50. The number of halogens is 1. The maximum Gasteiger partial charge on any atom is 0.245 e. The molecule has 0 aliphatic carbocycles. The second kappa shape index (κ2) is 11.2. The van der Waals surface area contributed by atoms with Crippen LogP contribution >= 0.6 is 11.6 Å². The van der Waals surface area contributed by atoms with Gasteiger partial charge >= 0.3 is 0 Å². The average Bonchev–Trinajstić information content (AvgIpc) is 3.21. The summed E-state index contributed by atoms with van der Waals surface area (Å²) in [4.78, 5) is 34.2. The molecule has 2 amide bonds. The van der Waals surface area contributed by atoms with E-state index in [0.717, 1.165) is 16.5 Å². The van der Waals surface area contributed by atoms with Crippen LogP contribution in [0.2, 0.25) is 5.02 Å². The molecule has 2 unspecified atom stereocenters. The molecule has 4 rings (SSSR count). The molecule has 8 nitrogen and oxygen atoms in total. The van der Waals surface area contributed by atoms with Crippen molar-refractivity contribution in [2.24, 2.45) is 5.92 Å². The van der Waals surface area contributed by atoms with E-state index in [0.29, 0.717) is 18.1 Å². The van der Waals surface area contributed by atoms with Gasteiger partial charge in [0, 0.05) is 24.3 Å². The highest BCUT2D eigenvalue weighted by Crippen LogP contribution is 2.24. The van der Waals surface area contributed by atoms with Crippen LogP contribution in [0.15, 0.2) is 65.7 Å². The fourth-order valence-electron chi connectivity index (χ4n) is 4.57. The normalized spacial score (nSPS) is 16.9. The third kappa shape index (κ3) is 6.29. The van der Waals surface area contributed by atoms with Gasteiger partial charge in [-0.3, -0.25) is 14.6 Å². The van der Waals surface area contributed by atoms with Crippen molar-refractivity contribution in [1.29, 1.82) is 0 Å². The minimum Gasteiger partial charge on any atom is -0.335 e. The molecule has 0 bridgehead atoms. The fraction of sp³-hybridized carbons (Fsp3) is 0.370. The van der Waals surface area contributed by atoms with E-state index in [2.05, 4.69) is 9.71 Å². The molecule has 196 valence electrons. The third-order valence-electron chi connectivity index (χ3n) is 6.42. The number of hydrogen-bond donors (Lipinski definition) is 1. The van der Waals surface area contributed by atoms with Crippen molar-refractivity contribution in [3.8, 4) is 0 Å². The molecule has 1 aromatic heterocycles. The number of aromatic nitrogens is 1. The van der Waals surface area contributed by atoms with Crippen molar-refractivity contribution in [3.05, 3.63) is 71.5 Å². The summed E-state index contributed by atoms with van der Waals surface area (Å²) >= 11 is 6.02. The Morgan fingerprint density at radius 3 is 2.57 bits per heavy atom. The number of fused-ring (bicyclic) bond motifs is 1. The van der Waals surface area contributed by atoms with E-state index in [1.54, 1.807) is 48.4 Å². The van der Waals surface area contributed by atoms with Gasteiger partial charge in [-0.25, -0.2) is 8.42 Å². The summed E-state index contributed by atoms with van der Waals surface area (Å²) in [5.41, 5.74) is 0.764. The van der Waals surface area contributed by atoms with E-state index >= 15 is 0 Å². The molecule has 0 spiro atoms. The zero-order chi connectivity index (χ0) is 26.7. The number of nitrogens with zero attached hydrogens (tertiary/aromatic N) is 3. The van der Waals surface area contributed by atoms with Crippen molar-refractivity contribution in [1.82, 2.24) is 19.5 Å². The van der Waals surface area contributed by atoms with Gasteiger partial charge in [-0.2, -0.15) is 4.72 Å². The summed E-state index contributed by atoms with van der Waals surface area (Å²) in [6.45, 7) is 6.89. The molecule has 3 aromatic rings. The van der Waals surface area contributed by atoms with Gasteiger partial charge < -0.3 is 9.80 Å². The van der Waals surface area contributed by atoms with Gasteiger partial charge in [-0.05, 0) is 66.4 Å². The second-order valence-electron chi connectivity index (χ2n) is 9.76. The van der Waals surface area contributed by atoms with E-state index < -0.39 is 28.0 Å². The van der Waals surface area contributed by atoms with E-state index in [9.17, 15) is 18.0 Å². The Hall–Kier alpha value is -3.01. The molecule has 1 aliphatic rings. The summed E-state index contributed by atoms with van der Waals surface area (Å²) in [6.07, 6.45) is 1.96. The lowest BCUT2D eigenvalue weighted by molar-refractivity contribution is -0.144. The fourth-order valence-corrected chi connectivity index (χ4v) is 6.01. The quantitative estimate of drug-likeness (QED) is 0.443. The minimum atomic E-state index is -3.95.